The van der Waals surface area contributed by atoms with Crippen LogP contribution < -0.4 is 16.0 Å². The second-order valence-corrected chi connectivity index (χ2v) is 6.41. The number of fused-ring (bicyclic) bond motifs is 1. The van der Waals surface area contributed by atoms with E-state index in [1.807, 2.05) is 18.4 Å². The molecule has 144 valence electrons. The first kappa shape index (κ1) is 18.8. The molecule has 0 radical (unpaired) electrons. The Hall–Kier alpha value is -3.03. The van der Waals surface area contributed by atoms with Crippen LogP contribution in [0.15, 0.2) is 27.8 Å². The Morgan fingerprint density at radius 2 is 1.93 bits per heavy atom. The Bertz CT molecular complexity index is 1080. The average Bonchev–Trinajstić information content (AvgIpc) is 3.02. The highest BCUT2D eigenvalue weighted by molar-refractivity contribution is 5.77. The maximum Gasteiger partial charge on any atom is 0.330 e. The van der Waals surface area contributed by atoms with Crippen LogP contribution in [0.2, 0.25) is 0 Å². The standard InChI is InChI=1S/C19H24N4O4/c1-4-6-10-23-17-15(18(25)21-19(23)26)22(9-5-2)16(20-17)12-7-8-13(24)14(11-12)27-3/h7-8,11,24H,4-6,9-10H2,1-3H3,(H,21,25,26). The van der Waals surface area contributed by atoms with Crippen LogP contribution in [0.4, 0.5) is 0 Å². The number of phenolic OH excluding ortho intramolecular Hbond substituents is 1. The largest absolute Gasteiger partial charge is 0.504 e. The number of unbranched alkanes of at least 4 members (excludes halogenated alkanes) is 1. The van der Waals surface area contributed by atoms with Crippen LogP contribution in [0.1, 0.15) is 33.1 Å². The Balaban J connectivity index is 2.33. The van der Waals surface area contributed by atoms with E-state index in [0.29, 0.717) is 41.4 Å². The number of hydrogen-bond acceptors (Lipinski definition) is 5. The number of H-pyrrole nitrogens is 1. The molecule has 2 N–H and O–H groups in total. The fourth-order valence-corrected chi connectivity index (χ4v) is 3.17. The SMILES string of the molecule is CCCCn1c(=O)[nH]c(=O)c2c1nc(-c1ccc(O)c(OC)c1)n2CCC. The van der Waals surface area contributed by atoms with E-state index in [2.05, 4.69) is 9.97 Å². The summed E-state index contributed by atoms with van der Waals surface area (Å²) in [6.45, 7) is 5.11. The molecule has 0 amide bonds. The minimum atomic E-state index is -0.447. The number of nitrogens with one attached hydrogen (secondary N) is 1. The molecule has 0 fully saturated rings. The number of hydrogen-bond donors (Lipinski definition) is 2. The van der Waals surface area contributed by atoms with Gasteiger partial charge in [-0.05, 0) is 31.0 Å². The minimum Gasteiger partial charge on any atom is -0.504 e. The van der Waals surface area contributed by atoms with Gasteiger partial charge in [0, 0.05) is 18.7 Å². The number of ether oxygens (including phenoxy) is 1. The molecule has 0 atom stereocenters. The van der Waals surface area contributed by atoms with Crippen molar-refractivity contribution in [2.24, 2.45) is 0 Å². The quantitative estimate of drug-likeness (QED) is 0.663. The average molecular weight is 372 g/mol. The lowest BCUT2D eigenvalue weighted by Crippen LogP contribution is -2.31. The molecule has 2 aromatic heterocycles. The molecule has 8 heteroatoms. The predicted molar refractivity (Wildman–Crippen MR) is 103 cm³/mol. The van der Waals surface area contributed by atoms with E-state index >= 15 is 0 Å². The summed E-state index contributed by atoms with van der Waals surface area (Å²) in [5, 5.41) is 9.86. The van der Waals surface area contributed by atoms with Crippen LogP contribution in [0.25, 0.3) is 22.6 Å². The first-order chi connectivity index (χ1) is 13.0. The molecule has 1 aromatic carbocycles. The minimum absolute atomic E-state index is 0.0251. The van der Waals surface area contributed by atoms with Gasteiger partial charge in [-0.25, -0.2) is 9.78 Å². The molecule has 0 aliphatic heterocycles. The summed E-state index contributed by atoms with van der Waals surface area (Å²) in [6.07, 6.45) is 2.52. The number of aryl methyl sites for hydroxylation is 2. The number of phenols is 1. The van der Waals surface area contributed by atoms with Gasteiger partial charge in [-0.1, -0.05) is 20.3 Å². The molecule has 0 bridgehead atoms. The summed E-state index contributed by atoms with van der Waals surface area (Å²) in [5.41, 5.74) is 0.572. The maximum absolute atomic E-state index is 12.5. The zero-order chi connectivity index (χ0) is 19.6. The third kappa shape index (κ3) is 3.34. The van der Waals surface area contributed by atoms with Crippen molar-refractivity contribution in [2.75, 3.05) is 7.11 Å². The summed E-state index contributed by atoms with van der Waals surface area (Å²) >= 11 is 0. The number of nitrogens with zero attached hydrogens (tertiary/aromatic N) is 3. The van der Waals surface area contributed by atoms with E-state index < -0.39 is 11.2 Å². The van der Waals surface area contributed by atoms with Crippen molar-refractivity contribution < 1.29 is 9.84 Å². The van der Waals surface area contributed by atoms with E-state index in [1.54, 1.807) is 12.1 Å². The monoisotopic (exact) mass is 372 g/mol. The van der Waals surface area contributed by atoms with Gasteiger partial charge in [-0.15, -0.1) is 0 Å². The van der Waals surface area contributed by atoms with E-state index in [4.69, 9.17) is 4.74 Å². The summed E-state index contributed by atoms with van der Waals surface area (Å²) in [6, 6.07) is 4.91. The van der Waals surface area contributed by atoms with Crippen LogP contribution in [-0.2, 0) is 13.1 Å². The highest BCUT2D eigenvalue weighted by Gasteiger charge is 2.20. The van der Waals surface area contributed by atoms with Gasteiger partial charge >= 0.3 is 5.69 Å². The number of aromatic amines is 1. The molecular weight excluding hydrogens is 348 g/mol. The molecule has 8 nitrogen and oxygen atoms in total. The van der Waals surface area contributed by atoms with Gasteiger partial charge in [-0.2, -0.15) is 0 Å². The van der Waals surface area contributed by atoms with Gasteiger partial charge < -0.3 is 14.4 Å². The number of imidazole rings is 1. The molecule has 0 unspecified atom stereocenters. The predicted octanol–water partition coefficient (Wildman–Crippen LogP) is 2.48. The van der Waals surface area contributed by atoms with Crippen LogP contribution >= 0.6 is 0 Å². The zero-order valence-electron chi connectivity index (χ0n) is 15.8. The van der Waals surface area contributed by atoms with Crippen LogP contribution in [0, 0.1) is 0 Å². The Kier molecular flexibility index (Phi) is 5.34. The molecule has 3 rings (SSSR count). The number of methoxy groups -OCH3 is 1. The molecular formula is C19H24N4O4. The van der Waals surface area contributed by atoms with Crippen molar-refractivity contribution in [3.05, 3.63) is 39.0 Å². The smallest absolute Gasteiger partial charge is 0.330 e. The maximum atomic E-state index is 12.5. The highest BCUT2D eigenvalue weighted by Crippen LogP contribution is 2.32. The molecule has 0 aliphatic rings. The third-order valence-electron chi connectivity index (χ3n) is 4.51. The van der Waals surface area contributed by atoms with Crippen LogP contribution in [0.3, 0.4) is 0 Å². The van der Waals surface area contributed by atoms with Gasteiger partial charge in [-0.3, -0.25) is 14.3 Å². The molecule has 0 spiro atoms. The fourth-order valence-electron chi connectivity index (χ4n) is 3.17. The molecule has 0 saturated carbocycles. The van der Waals surface area contributed by atoms with Crippen molar-refractivity contribution in [3.63, 3.8) is 0 Å². The van der Waals surface area contributed by atoms with E-state index in [-0.39, 0.29) is 5.75 Å². The molecule has 0 saturated heterocycles. The fraction of sp³-hybridized carbons (Fsp3) is 0.421. The van der Waals surface area contributed by atoms with Crippen LogP contribution in [0.5, 0.6) is 11.5 Å². The lowest BCUT2D eigenvalue weighted by Gasteiger charge is -2.09. The van der Waals surface area contributed by atoms with Gasteiger partial charge in [0.1, 0.15) is 5.82 Å². The van der Waals surface area contributed by atoms with Crippen molar-refractivity contribution in [2.45, 2.75) is 46.2 Å². The van der Waals surface area contributed by atoms with Gasteiger partial charge in [0.25, 0.3) is 5.56 Å². The number of rotatable bonds is 7. The summed E-state index contributed by atoms with van der Waals surface area (Å²) < 4.78 is 8.53. The first-order valence-electron chi connectivity index (χ1n) is 9.12. The van der Waals surface area contributed by atoms with Crippen LogP contribution in [-0.4, -0.2) is 31.3 Å². The normalized spacial score (nSPS) is 11.2. The molecule has 27 heavy (non-hydrogen) atoms. The van der Waals surface area contributed by atoms with Gasteiger partial charge in [0.05, 0.1) is 7.11 Å². The van der Waals surface area contributed by atoms with Crippen molar-refractivity contribution in [3.8, 4) is 22.9 Å². The molecule has 0 aliphatic carbocycles. The number of benzene rings is 1. The Morgan fingerprint density at radius 3 is 2.59 bits per heavy atom. The number of aromatic nitrogens is 4. The van der Waals surface area contributed by atoms with Crippen molar-refractivity contribution in [1.29, 1.82) is 0 Å². The second-order valence-electron chi connectivity index (χ2n) is 6.41. The van der Waals surface area contributed by atoms with Crippen molar-refractivity contribution >= 4 is 11.2 Å². The lowest BCUT2D eigenvalue weighted by molar-refractivity contribution is 0.373. The third-order valence-corrected chi connectivity index (χ3v) is 4.51. The van der Waals surface area contributed by atoms with Gasteiger partial charge in [0.15, 0.2) is 22.7 Å². The van der Waals surface area contributed by atoms with Gasteiger partial charge in [0.2, 0.25) is 0 Å². The molecule has 3 aromatic rings. The first-order valence-corrected chi connectivity index (χ1v) is 9.12. The molecule has 2 heterocycles. The van der Waals surface area contributed by atoms with E-state index in [9.17, 15) is 14.7 Å². The Morgan fingerprint density at radius 1 is 1.15 bits per heavy atom. The number of aromatic hydroxyl groups is 1. The summed E-state index contributed by atoms with van der Waals surface area (Å²) in [7, 11) is 1.47. The van der Waals surface area contributed by atoms with E-state index in [1.165, 1.54) is 17.7 Å². The Labute approximate surface area is 156 Å². The summed E-state index contributed by atoms with van der Waals surface area (Å²) in [5.74, 6) is 0.906. The highest BCUT2D eigenvalue weighted by atomic mass is 16.5. The lowest BCUT2D eigenvalue weighted by atomic mass is 10.2. The topological polar surface area (TPSA) is 102 Å². The van der Waals surface area contributed by atoms with Crippen molar-refractivity contribution in [1.82, 2.24) is 19.1 Å². The zero-order valence-corrected chi connectivity index (χ0v) is 15.8. The second kappa shape index (κ2) is 7.69. The summed E-state index contributed by atoms with van der Waals surface area (Å²) in [4.78, 5) is 31.9. The van der Waals surface area contributed by atoms with E-state index in [0.717, 1.165) is 19.3 Å².